The Morgan fingerprint density at radius 3 is 2.57 bits per heavy atom. The topological polar surface area (TPSA) is 32.3 Å². The van der Waals surface area contributed by atoms with E-state index in [1.807, 2.05) is 18.7 Å². The van der Waals surface area contributed by atoms with Crippen LogP contribution in [-0.4, -0.2) is 29.6 Å². The molecule has 3 nitrogen and oxygen atoms in total. The van der Waals surface area contributed by atoms with E-state index in [1.165, 1.54) is 12.8 Å². The zero-order valence-electron chi connectivity index (χ0n) is 9.55. The monoisotopic (exact) mass is 198 g/mol. The number of nitrogens with zero attached hydrogens (tertiary/aromatic N) is 1. The lowest BCUT2D eigenvalue weighted by atomic mass is 10.3. The molecular weight excluding hydrogens is 176 g/mol. The van der Waals surface area contributed by atoms with Gasteiger partial charge in [0.25, 0.3) is 0 Å². The van der Waals surface area contributed by atoms with E-state index >= 15 is 0 Å². The standard InChI is InChI=1S/C11H22N2O/c1-4-5-8-13(10-6-7-10)11(14)12-9(2)3/h9-10H,4-8H2,1-3H3,(H,12,14). The van der Waals surface area contributed by atoms with Gasteiger partial charge < -0.3 is 10.2 Å². The number of carbonyl (C=O) groups is 1. The van der Waals surface area contributed by atoms with Crippen LogP contribution in [0.3, 0.4) is 0 Å². The van der Waals surface area contributed by atoms with Crippen molar-refractivity contribution < 1.29 is 4.79 Å². The fraction of sp³-hybridized carbons (Fsp3) is 0.909. The highest BCUT2D eigenvalue weighted by atomic mass is 16.2. The first-order valence-corrected chi connectivity index (χ1v) is 5.72. The number of unbranched alkanes of at least 4 members (excludes halogenated alkanes) is 1. The van der Waals surface area contributed by atoms with Crippen LogP contribution in [0.5, 0.6) is 0 Å². The van der Waals surface area contributed by atoms with Gasteiger partial charge in [0.1, 0.15) is 0 Å². The average molecular weight is 198 g/mol. The molecular formula is C11H22N2O. The van der Waals surface area contributed by atoms with Crippen LogP contribution in [0.2, 0.25) is 0 Å². The molecule has 1 aliphatic carbocycles. The Hall–Kier alpha value is -0.730. The molecule has 0 bridgehead atoms. The number of carbonyl (C=O) groups excluding carboxylic acids is 1. The summed E-state index contributed by atoms with van der Waals surface area (Å²) in [5.41, 5.74) is 0. The molecule has 0 radical (unpaired) electrons. The number of hydrogen-bond acceptors (Lipinski definition) is 1. The molecule has 0 aliphatic heterocycles. The first-order chi connectivity index (χ1) is 6.65. The van der Waals surface area contributed by atoms with Gasteiger partial charge in [-0.2, -0.15) is 0 Å². The lowest BCUT2D eigenvalue weighted by Gasteiger charge is -2.23. The predicted octanol–water partition coefficient (Wildman–Crippen LogP) is 2.37. The predicted molar refractivity (Wildman–Crippen MR) is 58.3 cm³/mol. The summed E-state index contributed by atoms with van der Waals surface area (Å²) in [4.78, 5) is 13.8. The van der Waals surface area contributed by atoms with E-state index in [-0.39, 0.29) is 12.1 Å². The van der Waals surface area contributed by atoms with E-state index in [4.69, 9.17) is 0 Å². The van der Waals surface area contributed by atoms with Crippen molar-refractivity contribution in [3.63, 3.8) is 0 Å². The number of hydrogen-bond donors (Lipinski definition) is 1. The second-order valence-electron chi connectivity index (χ2n) is 4.38. The van der Waals surface area contributed by atoms with Crippen molar-refractivity contribution in [3.8, 4) is 0 Å². The van der Waals surface area contributed by atoms with Crippen molar-refractivity contribution in [2.45, 2.75) is 58.5 Å². The summed E-state index contributed by atoms with van der Waals surface area (Å²) in [6.07, 6.45) is 4.64. The van der Waals surface area contributed by atoms with Gasteiger partial charge in [0.05, 0.1) is 0 Å². The number of rotatable bonds is 5. The van der Waals surface area contributed by atoms with E-state index < -0.39 is 0 Å². The molecule has 0 saturated heterocycles. The summed E-state index contributed by atoms with van der Waals surface area (Å²) < 4.78 is 0. The van der Waals surface area contributed by atoms with Crippen LogP contribution in [0.1, 0.15) is 46.5 Å². The highest BCUT2D eigenvalue weighted by molar-refractivity contribution is 5.75. The summed E-state index contributed by atoms with van der Waals surface area (Å²) in [6.45, 7) is 7.08. The molecule has 0 heterocycles. The van der Waals surface area contributed by atoms with Gasteiger partial charge in [-0.05, 0) is 33.1 Å². The smallest absolute Gasteiger partial charge is 0.317 e. The second-order valence-corrected chi connectivity index (χ2v) is 4.38. The van der Waals surface area contributed by atoms with Gasteiger partial charge in [-0.1, -0.05) is 13.3 Å². The second kappa shape index (κ2) is 5.23. The highest BCUT2D eigenvalue weighted by Gasteiger charge is 2.31. The number of amides is 2. The quantitative estimate of drug-likeness (QED) is 0.722. The Morgan fingerprint density at radius 1 is 1.50 bits per heavy atom. The van der Waals surface area contributed by atoms with Crippen molar-refractivity contribution >= 4 is 6.03 Å². The number of urea groups is 1. The minimum absolute atomic E-state index is 0.121. The molecule has 0 atom stereocenters. The van der Waals surface area contributed by atoms with Crippen molar-refractivity contribution in [1.82, 2.24) is 10.2 Å². The van der Waals surface area contributed by atoms with Crippen LogP contribution in [0.4, 0.5) is 4.79 Å². The van der Waals surface area contributed by atoms with Crippen LogP contribution in [0, 0.1) is 0 Å². The van der Waals surface area contributed by atoms with E-state index in [0.717, 1.165) is 19.4 Å². The fourth-order valence-corrected chi connectivity index (χ4v) is 1.49. The van der Waals surface area contributed by atoms with Crippen molar-refractivity contribution in [1.29, 1.82) is 0 Å². The summed E-state index contributed by atoms with van der Waals surface area (Å²) in [5, 5.41) is 2.96. The van der Waals surface area contributed by atoms with Crippen molar-refractivity contribution in [2.24, 2.45) is 0 Å². The van der Waals surface area contributed by atoms with Crippen LogP contribution >= 0.6 is 0 Å². The van der Waals surface area contributed by atoms with Crippen molar-refractivity contribution in [2.75, 3.05) is 6.54 Å². The van der Waals surface area contributed by atoms with Crippen LogP contribution in [0.15, 0.2) is 0 Å². The molecule has 1 N–H and O–H groups in total. The number of nitrogens with one attached hydrogen (secondary N) is 1. The van der Waals surface area contributed by atoms with Crippen LogP contribution in [0.25, 0.3) is 0 Å². The summed E-state index contributed by atoms with van der Waals surface area (Å²) in [6, 6.07) is 0.890. The molecule has 0 aromatic heterocycles. The normalized spacial score (nSPS) is 15.7. The molecule has 14 heavy (non-hydrogen) atoms. The van der Waals surface area contributed by atoms with E-state index in [9.17, 15) is 4.79 Å². The van der Waals surface area contributed by atoms with Crippen LogP contribution < -0.4 is 5.32 Å². The molecule has 2 amide bonds. The maximum absolute atomic E-state index is 11.8. The molecule has 1 rings (SSSR count). The lowest BCUT2D eigenvalue weighted by molar-refractivity contribution is 0.191. The minimum Gasteiger partial charge on any atom is -0.336 e. The fourth-order valence-electron chi connectivity index (χ4n) is 1.49. The Bertz CT molecular complexity index is 188. The maximum Gasteiger partial charge on any atom is 0.317 e. The van der Waals surface area contributed by atoms with Crippen molar-refractivity contribution in [3.05, 3.63) is 0 Å². The largest absolute Gasteiger partial charge is 0.336 e. The third-order valence-electron chi connectivity index (χ3n) is 2.41. The summed E-state index contributed by atoms with van der Waals surface area (Å²) >= 11 is 0. The van der Waals surface area contributed by atoms with Gasteiger partial charge in [-0.25, -0.2) is 4.79 Å². The maximum atomic E-state index is 11.8. The van der Waals surface area contributed by atoms with Crippen LogP contribution in [-0.2, 0) is 0 Å². The summed E-state index contributed by atoms with van der Waals surface area (Å²) in [5.74, 6) is 0. The zero-order valence-corrected chi connectivity index (χ0v) is 9.55. The first-order valence-electron chi connectivity index (χ1n) is 5.72. The molecule has 0 spiro atoms. The molecule has 1 fully saturated rings. The van der Waals surface area contributed by atoms with Gasteiger partial charge in [0.15, 0.2) is 0 Å². The zero-order chi connectivity index (χ0) is 10.6. The summed E-state index contributed by atoms with van der Waals surface area (Å²) in [7, 11) is 0. The Kier molecular flexibility index (Phi) is 4.23. The van der Waals surface area contributed by atoms with E-state index in [0.29, 0.717) is 6.04 Å². The molecule has 0 aromatic rings. The average Bonchev–Trinajstić information content (AvgIpc) is 2.87. The van der Waals surface area contributed by atoms with Gasteiger partial charge in [-0.15, -0.1) is 0 Å². The van der Waals surface area contributed by atoms with Gasteiger partial charge in [-0.3, -0.25) is 0 Å². The molecule has 0 aromatic carbocycles. The van der Waals surface area contributed by atoms with Gasteiger partial charge in [0, 0.05) is 18.6 Å². The molecule has 1 saturated carbocycles. The third kappa shape index (κ3) is 3.56. The van der Waals surface area contributed by atoms with E-state index in [1.54, 1.807) is 0 Å². The molecule has 1 aliphatic rings. The Balaban J connectivity index is 2.36. The van der Waals surface area contributed by atoms with Gasteiger partial charge in [0.2, 0.25) is 0 Å². The molecule has 82 valence electrons. The first kappa shape index (κ1) is 11.3. The molecule has 3 heteroatoms. The lowest BCUT2D eigenvalue weighted by Crippen LogP contribution is -2.44. The van der Waals surface area contributed by atoms with E-state index in [2.05, 4.69) is 12.2 Å². The highest BCUT2D eigenvalue weighted by Crippen LogP contribution is 2.27. The minimum atomic E-state index is 0.121. The SMILES string of the molecule is CCCCN(C(=O)NC(C)C)C1CC1. The Labute approximate surface area is 86.9 Å². The van der Waals surface area contributed by atoms with Gasteiger partial charge >= 0.3 is 6.03 Å². The Morgan fingerprint density at radius 2 is 2.14 bits per heavy atom. The third-order valence-corrected chi connectivity index (χ3v) is 2.41. The molecule has 0 unspecified atom stereocenters.